The Morgan fingerprint density at radius 1 is 1.50 bits per heavy atom. The monoisotopic (exact) mass is 340 g/mol. The number of rotatable bonds is 4. The smallest absolute Gasteiger partial charge is 0.327 e. The quantitative estimate of drug-likeness (QED) is 0.778. The minimum Gasteiger partial charge on any atom is -0.465 e. The van der Waals surface area contributed by atoms with Gasteiger partial charge < -0.3 is 4.74 Å². The number of esters is 1. The number of hydrogen-bond acceptors (Lipinski definition) is 5. The van der Waals surface area contributed by atoms with Gasteiger partial charge in [0.15, 0.2) is 0 Å². The molecule has 3 rings (SSSR count). The van der Waals surface area contributed by atoms with E-state index in [4.69, 9.17) is 4.74 Å². The van der Waals surface area contributed by atoms with Gasteiger partial charge in [0.05, 0.1) is 12.3 Å². The maximum absolute atomic E-state index is 12.3. The zero-order valence-electron chi connectivity index (χ0n) is 10.9. The van der Waals surface area contributed by atoms with E-state index in [9.17, 15) is 9.59 Å². The van der Waals surface area contributed by atoms with Crippen LogP contribution in [0.4, 0.5) is 0 Å². The number of carbonyl (C=O) groups excluding carboxylic acids is 1. The molecule has 0 N–H and O–H groups in total. The molecule has 2 aromatic heterocycles. The van der Waals surface area contributed by atoms with Gasteiger partial charge in [0.1, 0.15) is 12.1 Å². The average Bonchev–Trinajstić information content (AvgIpc) is 3.15. The van der Waals surface area contributed by atoms with Crippen LogP contribution in [0.2, 0.25) is 0 Å². The maximum atomic E-state index is 12.3. The highest BCUT2D eigenvalue weighted by Gasteiger charge is 2.27. The van der Waals surface area contributed by atoms with Crippen molar-refractivity contribution in [3.63, 3.8) is 0 Å². The number of carbonyl (C=O) groups is 1. The van der Waals surface area contributed by atoms with Gasteiger partial charge in [-0.3, -0.25) is 9.59 Å². The number of hydrogen-bond donors (Lipinski definition) is 0. The normalized spacial score (nSPS) is 14.7. The van der Waals surface area contributed by atoms with Crippen molar-refractivity contribution in [2.24, 2.45) is 0 Å². The van der Waals surface area contributed by atoms with Crippen molar-refractivity contribution in [1.82, 2.24) is 19.4 Å². The zero-order valence-corrected chi connectivity index (χ0v) is 12.5. The SMILES string of the molecule is CCOC(=O)Cn1nc(Br)n2nc(C3CC3)cc2c1=O. The second-order valence-corrected chi connectivity index (χ2v) is 5.39. The van der Waals surface area contributed by atoms with E-state index in [1.54, 1.807) is 13.0 Å². The van der Waals surface area contributed by atoms with Crippen molar-refractivity contribution in [2.75, 3.05) is 6.61 Å². The topological polar surface area (TPSA) is 78.5 Å². The van der Waals surface area contributed by atoms with E-state index in [1.165, 1.54) is 4.52 Å². The molecule has 0 spiro atoms. The lowest BCUT2D eigenvalue weighted by Gasteiger charge is -2.05. The van der Waals surface area contributed by atoms with E-state index < -0.39 is 5.97 Å². The van der Waals surface area contributed by atoms with Gasteiger partial charge in [-0.05, 0) is 41.8 Å². The third-order valence-electron chi connectivity index (χ3n) is 3.14. The van der Waals surface area contributed by atoms with Crippen LogP contribution in [-0.4, -0.2) is 32.0 Å². The van der Waals surface area contributed by atoms with E-state index >= 15 is 0 Å². The molecular weight excluding hydrogens is 328 g/mol. The fraction of sp³-hybridized carbons (Fsp3) is 0.500. The summed E-state index contributed by atoms with van der Waals surface area (Å²) in [4.78, 5) is 23.8. The Labute approximate surface area is 122 Å². The van der Waals surface area contributed by atoms with Crippen molar-refractivity contribution >= 4 is 27.4 Å². The van der Waals surface area contributed by atoms with Crippen LogP contribution in [-0.2, 0) is 16.1 Å². The molecule has 1 aliphatic rings. The summed E-state index contributed by atoms with van der Waals surface area (Å²) in [6.45, 7) is 1.79. The van der Waals surface area contributed by atoms with Crippen LogP contribution in [0.5, 0.6) is 0 Å². The van der Waals surface area contributed by atoms with Crippen LogP contribution >= 0.6 is 15.9 Å². The molecule has 0 amide bonds. The Balaban J connectivity index is 2.03. The summed E-state index contributed by atoms with van der Waals surface area (Å²) >= 11 is 3.27. The van der Waals surface area contributed by atoms with Gasteiger partial charge in [-0.15, -0.1) is 5.10 Å². The summed E-state index contributed by atoms with van der Waals surface area (Å²) in [7, 11) is 0. The fourth-order valence-electron chi connectivity index (χ4n) is 2.03. The molecule has 7 nitrogen and oxygen atoms in total. The van der Waals surface area contributed by atoms with E-state index in [-0.39, 0.29) is 18.7 Å². The summed E-state index contributed by atoms with van der Waals surface area (Å²) in [6.07, 6.45) is 2.21. The van der Waals surface area contributed by atoms with Crippen molar-refractivity contribution in [3.8, 4) is 0 Å². The minimum absolute atomic E-state index is 0.203. The van der Waals surface area contributed by atoms with Crippen LogP contribution in [0.15, 0.2) is 15.6 Å². The predicted molar refractivity (Wildman–Crippen MR) is 73.6 cm³/mol. The Morgan fingerprint density at radius 3 is 2.90 bits per heavy atom. The van der Waals surface area contributed by atoms with Gasteiger partial charge in [0.2, 0.25) is 4.73 Å². The number of ether oxygens (including phenoxy) is 1. The molecule has 2 aromatic rings. The zero-order chi connectivity index (χ0) is 14.3. The lowest BCUT2D eigenvalue weighted by molar-refractivity contribution is -0.144. The van der Waals surface area contributed by atoms with Crippen LogP contribution in [0.25, 0.3) is 5.52 Å². The van der Waals surface area contributed by atoms with Crippen LogP contribution in [0.1, 0.15) is 31.4 Å². The lowest BCUT2D eigenvalue weighted by Crippen LogP contribution is -2.29. The first-order chi connectivity index (χ1) is 9.60. The molecule has 1 saturated carbocycles. The molecule has 20 heavy (non-hydrogen) atoms. The first-order valence-corrected chi connectivity index (χ1v) is 7.21. The average molecular weight is 341 g/mol. The molecule has 0 bridgehead atoms. The van der Waals surface area contributed by atoms with Crippen molar-refractivity contribution in [2.45, 2.75) is 32.2 Å². The number of nitrogens with zero attached hydrogens (tertiary/aromatic N) is 4. The van der Waals surface area contributed by atoms with Gasteiger partial charge in [-0.25, -0.2) is 9.20 Å². The molecule has 0 radical (unpaired) electrons. The van der Waals surface area contributed by atoms with E-state index in [2.05, 4.69) is 26.1 Å². The Hall–Kier alpha value is -1.70. The molecule has 106 valence electrons. The van der Waals surface area contributed by atoms with E-state index in [0.717, 1.165) is 23.2 Å². The predicted octanol–water partition coefficient (Wildman–Crippen LogP) is 1.09. The van der Waals surface area contributed by atoms with E-state index in [0.29, 0.717) is 16.2 Å². The fourth-order valence-corrected chi connectivity index (χ4v) is 2.49. The highest BCUT2D eigenvalue weighted by atomic mass is 79.9. The molecule has 0 aliphatic heterocycles. The van der Waals surface area contributed by atoms with Crippen molar-refractivity contribution in [1.29, 1.82) is 0 Å². The van der Waals surface area contributed by atoms with Gasteiger partial charge in [-0.1, -0.05) is 0 Å². The third kappa shape index (κ3) is 2.35. The minimum atomic E-state index is -0.486. The molecular formula is C12H13BrN4O3. The van der Waals surface area contributed by atoms with Crippen molar-refractivity contribution in [3.05, 3.63) is 26.8 Å². The molecule has 0 saturated heterocycles. The highest BCUT2D eigenvalue weighted by Crippen LogP contribution is 2.39. The molecule has 1 fully saturated rings. The molecule has 0 atom stereocenters. The summed E-state index contributed by atoms with van der Waals surface area (Å²) in [5.74, 6) is -0.0417. The highest BCUT2D eigenvalue weighted by molar-refractivity contribution is 9.10. The van der Waals surface area contributed by atoms with Crippen LogP contribution in [0.3, 0.4) is 0 Å². The maximum Gasteiger partial charge on any atom is 0.327 e. The summed E-state index contributed by atoms with van der Waals surface area (Å²) in [5.41, 5.74) is 0.970. The van der Waals surface area contributed by atoms with Crippen LogP contribution < -0.4 is 5.56 Å². The Morgan fingerprint density at radius 2 is 2.25 bits per heavy atom. The van der Waals surface area contributed by atoms with Crippen LogP contribution in [0, 0.1) is 0 Å². The van der Waals surface area contributed by atoms with Gasteiger partial charge in [-0.2, -0.15) is 5.10 Å². The Bertz CT molecular complexity index is 732. The van der Waals surface area contributed by atoms with E-state index in [1.807, 2.05) is 0 Å². The second kappa shape index (κ2) is 5.01. The number of aromatic nitrogens is 4. The first-order valence-electron chi connectivity index (χ1n) is 6.42. The second-order valence-electron chi connectivity index (χ2n) is 4.68. The lowest BCUT2D eigenvalue weighted by atomic mass is 10.3. The summed E-state index contributed by atoms with van der Waals surface area (Å²) in [6, 6.07) is 1.77. The van der Waals surface area contributed by atoms with Gasteiger partial charge in [0, 0.05) is 5.92 Å². The summed E-state index contributed by atoms with van der Waals surface area (Å²) in [5, 5.41) is 8.41. The third-order valence-corrected chi connectivity index (χ3v) is 3.63. The summed E-state index contributed by atoms with van der Waals surface area (Å²) < 4.78 is 7.78. The Kier molecular flexibility index (Phi) is 3.33. The molecule has 8 heteroatoms. The number of halogens is 1. The van der Waals surface area contributed by atoms with Gasteiger partial charge >= 0.3 is 5.97 Å². The molecule has 0 unspecified atom stereocenters. The molecule has 0 aromatic carbocycles. The standard InChI is InChI=1S/C12H13BrN4O3/c1-2-20-10(18)6-16-11(19)9-5-8(7-3-4-7)14-17(9)12(13)15-16/h5,7H,2-4,6H2,1H3. The van der Waals surface area contributed by atoms with Gasteiger partial charge in [0.25, 0.3) is 5.56 Å². The molecule has 2 heterocycles. The largest absolute Gasteiger partial charge is 0.465 e. The molecule has 1 aliphatic carbocycles. The van der Waals surface area contributed by atoms with Crippen molar-refractivity contribution < 1.29 is 9.53 Å². The first kappa shape index (κ1) is 13.3. The number of fused-ring (bicyclic) bond motifs is 1.